The van der Waals surface area contributed by atoms with Crippen molar-refractivity contribution in [3.05, 3.63) is 124 Å². The molecule has 40 heavy (non-hydrogen) atoms. The first-order valence-electron chi connectivity index (χ1n) is 13.7. The Labute approximate surface area is 232 Å². The van der Waals surface area contributed by atoms with Crippen LogP contribution in [0, 0.1) is 18.7 Å². The number of nitrogens with one attached hydrogen (secondary N) is 1. The van der Waals surface area contributed by atoms with Gasteiger partial charge >= 0.3 is 0 Å². The average molecular weight is 539 g/mol. The molecule has 3 aromatic carbocycles. The number of halogens is 1. The van der Waals surface area contributed by atoms with Gasteiger partial charge in [0.05, 0.1) is 6.04 Å². The minimum Gasteiger partial charge on any atom is -0.486 e. The highest BCUT2D eigenvalue weighted by Crippen LogP contribution is 2.41. The van der Waals surface area contributed by atoms with Crippen LogP contribution in [0.1, 0.15) is 63.0 Å². The molecule has 1 aliphatic heterocycles. The molecule has 1 N–H and O–H groups in total. The van der Waals surface area contributed by atoms with Gasteiger partial charge in [0, 0.05) is 19.0 Å². The lowest BCUT2D eigenvalue weighted by Crippen LogP contribution is -2.41. The Kier molecular flexibility index (Phi) is 7.11. The molecule has 1 saturated carbocycles. The topological polar surface area (TPSA) is 71.8 Å². The molecule has 1 unspecified atom stereocenters. The molecule has 4 aromatic rings. The van der Waals surface area contributed by atoms with Gasteiger partial charge in [-0.05, 0) is 84.8 Å². The van der Waals surface area contributed by atoms with E-state index < -0.39 is 0 Å². The van der Waals surface area contributed by atoms with Crippen LogP contribution in [0.25, 0.3) is 0 Å². The molecule has 6 nitrogen and oxygen atoms in total. The smallest absolute Gasteiger partial charge is 0.287 e. The summed E-state index contributed by atoms with van der Waals surface area (Å²) in [4.78, 5) is 27.7. The fraction of sp³-hybridized carbons (Fsp3) is 0.273. The molecule has 2 aliphatic rings. The molecule has 1 fully saturated rings. The van der Waals surface area contributed by atoms with Gasteiger partial charge in [-0.3, -0.25) is 9.59 Å². The molecule has 1 atom stereocenters. The highest BCUT2D eigenvalue weighted by molar-refractivity contribution is 5.91. The standard InChI is InChI=1S/C33H31FN2O4/c1-21-4-2-5-22(16-21)19-35-32(37)30-13-12-28(40-30)20-39-27-11-10-23-14-15-36(33(38)24-8-9-24)31(29(23)18-27)25-6-3-7-26(34)17-25/h2-7,10-13,16-18,24,31H,8-9,14-15,19-20H2,1H3,(H,35,37). The lowest BCUT2D eigenvalue weighted by Gasteiger charge is -2.38. The highest BCUT2D eigenvalue weighted by atomic mass is 19.1. The monoisotopic (exact) mass is 538 g/mol. The summed E-state index contributed by atoms with van der Waals surface area (Å²) in [6.45, 7) is 3.16. The first-order valence-corrected chi connectivity index (χ1v) is 13.7. The molecule has 1 aromatic heterocycles. The van der Waals surface area contributed by atoms with Crippen molar-refractivity contribution >= 4 is 11.8 Å². The quantitative estimate of drug-likeness (QED) is 0.293. The van der Waals surface area contributed by atoms with Gasteiger partial charge in [0.1, 0.15) is 23.9 Å². The van der Waals surface area contributed by atoms with Crippen LogP contribution in [-0.4, -0.2) is 23.3 Å². The van der Waals surface area contributed by atoms with Crippen LogP contribution in [0.15, 0.2) is 83.3 Å². The minimum atomic E-state index is -0.372. The molecule has 2 amide bonds. The lowest BCUT2D eigenvalue weighted by molar-refractivity contribution is -0.134. The summed E-state index contributed by atoms with van der Waals surface area (Å²) in [6, 6.07) is 23.3. The van der Waals surface area contributed by atoms with Crippen molar-refractivity contribution in [2.75, 3.05) is 6.54 Å². The van der Waals surface area contributed by atoms with Crippen molar-refractivity contribution in [1.29, 1.82) is 0 Å². The fourth-order valence-corrected chi connectivity index (χ4v) is 5.34. The Bertz CT molecular complexity index is 1560. The number of aryl methyl sites for hydroxylation is 1. The van der Waals surface area contributed by atoms with E-state index in [0.717, 1.165) is 47.1 Å². The molecule has 204 valence electrons. The molecular formula is C33H31FN2O4. The fourth-order valence-electron chi connectivity index (χ4n) is 5.34. The number of carbonyl (C=O) groups is 2. The molecule has 1 aliphatic carbocycles. The van der Waals surface area contributed by atoms with Crippen molar-refractivity contribution in [2.45, 2.75) is 45.4 Å². The summed E-state index contributed by atoms with van der Waals surface area (Å²) in [5.74, 6) is 0.937. The molecule has 2 heterocycles. The maximum Gasteiger partial charge on any atom is 0.287 e. The van der Waals surface area contributed by atoms with E-state index in [1.165, 1.54) is 12.1 Å². The second-order valence-electron chi connectivity index (χ2n) is 10.6. The van der Waals surface area contributed by atoms with E-state index in [1.807, 2.05) is 60.4 Å². The number of hydrogen-bond donors (Lipinski definition) is 1. The summed E-state index contributed by atoms with van der Waals surface area (Å²) in [5, 5.41) is 2.88. The Hall–Kier alpha value is -4.39. The number of hydrogen-bond acceptors (Lipinski definition) is 4. The average Bonchev–Trinajstić information content (AvgIpc) is 3.71. The summed E-state index contributed by atoms with van der Waals surface area (Å²) in [7, 11) is 0. The van der Waals surface area contributed by atoms with Crippen LogP contribution in [0.5, 0.6) is 5.75 Å². The number of fused-ring (bicyclic) bond motifs is 1. The first-order chi connectivity index (χ1) is 19.4. The predicted octanol–water partition coefficient (Wildman–Crippen LogP) is 6.12. The van der Waals surface area contributed by atoms with Crippen LogP contribution >= 0.6 is 0 Å². The maximum absolute atomic E-state index is 14.2. The van der Waals surface area contributed by atoms with E-state index >= 15 is 0 Å². The van der Waals surface area contributed by atoms with E-state index in [0.29, 0.717) is 24.6 Å². The van der Waals surface area contributed by atoms with Crippen LogP contribution in [0.2, 0.25) is 0 Å². The summed E-state index contributed by atoms with van der Waals surface area (Å²) >= 11 is 0. The molecule has 0 radical (unpaired) electrons. The van der Waals surface area contributed by atoms with Crippen molar-refractivity contribution in [1.82, 2.24) is 10.2 Å². The number of carbonyl (C=O) groups excluding carboxylic acids is 2. The third-order valence-electron chi connectivity index (χ3n) is 7.52. The zero-order valence-corrected chi connectivity index (χ0v) is 22.4. The van der Waals surface area contributed by atoms with E-state index in [2.05, 4.69) is 5.32 Å². The predicted molar refractivity (Wildman–Crippen MR) is 148 cm³/mol. The zero-order valence-electron chi connectivity index (χ0n) is 22.4. The Morgan fingerprint density at radius 2 is 1.88 bits per heavy atom. The van der Waals surface area contributed by atoms with Gasteiger partial charge < -0.3 is 19.4 Å². The van der Waals surface area contributed by atoms with Crippen LogP contribution < -0.4 is 10.1 Å². The molecule has 0 bridgehead atoms. The van der Waals surface area contributed by atoms with Gasteiger partial charge in [-0.25, -0.2) is 4.39 Å². The summed E-state index contributed by atoms with van der Waals surface area (Å²) in [5.41, 5.74) is 4.96. The molecule has 0 spiro atoms. The van der Waals surface area contributed by atoms with Gasteiger partial charge in [-0.15, -0.1) is 0 Å². The number of benzene rings is 3. The van der Waals surface area contributed by atoms with Crippen molar-refractivity contribution < 1.29 is 23.1 Å². The summed E-state index contributed by atoms with van der Waals surface area (Å²) < 4.78 is 26.0. The Morgan fingerprint density at radius 1 is 1.02 bits per heavy atom. The number of rotatable bonds is 8. The number of nitrogens with zero attached hydrogens (tertiary/aromatic N) is 1. The third kappa shape index (κ3) is 5.64. The Morgan fingerprint density at radius 3 is 2.67 bits per heavy atom. The lowest BCUT2D eigenvalue weighted by atomic mass is 9.87. The largest absolute Gasteiger partial charge is 0.486 e. The maximum atomic E-state index is 14.2. The molecular weight excluding hydrogens is 507 g/mol. The zero-order chi connectivity index (χ0) is 27.6. The van der Waals surface area contributed by atoms with Crippen molar-refractivity contribution in [3.8, 4) is 5.75 Å². The highest BCUT2D eigenvalue weighted by Gasteiger charge is 2.39. The van der Waals surface area contributed by atoms with Crippen LogP contribution in [-0.2, 0) is 24.4 Å². The molecule has 6 rings (SSSR count). The number of furan rings is 1. The minimum absolute atomic E-state index is 0.0687. The number of amides is 2. The summed E-state index contributed by atoms with van der Waals surface area (Å²) in [6.07, 6.45) is 2.56. The second kappa shape index (κ2) is 11.0. The van der Waals surface area contributed by atoms with E-state index in [4.69, 9.17) is 9.15 Å². The SMILES string of the molecule is Cc1cccc(CNC(=O)c2ccc(COc3ccc4c(c3)C(c3cccc(F)c3)N(C(=O)C3CC3)CC4)o2)c1. The van der Waals surface area contributed by atoms with Crippen molar-refractivity contribution in [3.63, 3.8) is 0 Å². The van der Waals surface area contributed by atoms with E-state index in [9.17, 15) is 14.0 Å². The van der Waals surface area contributed by atoms with E-state index in [-0.39, 0.29) is 42.0 Å². The normalized spacial score (nSPS) is 16.4. The van der Waals surface area contributed by atoms with Crippen molar-refractivity contribution in [2.24, 2.45) is 5.92 Å². The molecule has 0 saturated heterocycles. The Balaban J connectivity index is 1.16. The van der Waals surface area contributed by atoms with Gasteiger partial charge in [0.25, 0.3) is 5.91 Å². The van der Waals surface area contributed by atoms with Crippen LogP contribution in [0.3, 0.4) is 0 Å². The molecule has 7 heteroatoms. The van der Waals surface area contributed by atoms with Gasteiger partial charge in [0.2, 0.25) is 5.91 Å². The van der Waals surface area contributed by atoms with Gasteiger partial charge in [-0.1, -0.05) is 48.0 Å². The number of ether oxygens (including phenoxy) is 1. The van der Waals surface area contributed by atoms with Crippen LogP contribution in [0.4, 0.5) is 4.39 Å². The second-order valence-corrected chi connectivity index (χ2v) is 10.6. The van der Waals surface area contributed by atoms with E-state index in [1.54, 1.807) is 18.2 Å². The van der Waals surface area contributed by atoms with Gasteiger partial charge in [-0.2, -0.15) is 0 Å². The first kappa shape index (κ1) is 25.9. The third-order valence-corrected chi connectivity index (χ3v) is 7.52. The van der Waals surface area contributed by atoms with Gasteiger partial charge in [0.15, 0.2) is 5.76 Å².